The number of nitrogens with one attached hydrogen (secondary N) is 1. The molecule has 160 valence electrons. The molecule has 0 spiro atoms. The quantitative estimate of drug-likeness (QED) is 0.601. The lowest BCUT2D eigenvalue weighted by Crippen LogP contribution is -2.58. The van der Waals surface area contributed by atoms with Crippen LogP contribution in [-0.2, 0) is 16.6 Å². The summed E-state index contributed by atoms with van der Waals surface area (Å²) < 4.78 is 6.48. The summed E-state index contributed by atoms with van der Waals surface area (Å²) in [6.45, 7) is 8.90. The molecule has 1 aromatic heterocycles. The van der Waals surface area contributed by atoms with E-state index in [1.54, 1.807) is 5.56 Å². The summed E-state index contributed by atoms with van der Waals surface area (Å²) in [5.74, 6) is 1.31. The Morgan fingerprint density at radius 3 is 2.73 bits per heavy atom. The molecule has 30 heavy (non-hydrogen) atoms. The van der Waals surface area contributed by atoms with Crippen molar-refractivity contribution in [2.45, 2.75) is 89.4 Å². The number of aromatic nitrogens is 1. The van der Waals surface area contributed by atoms with Crippen LogP contribution < -0.4 is 0 Å². The molecule has 0 bridgehead atoms. The van der Waals surface area contributed by atoms with Crippen molar-refractivity contribution >= 4 is 10.9 Å². The summed E-state index contributed by atoms with van der Waals surface area (Å²) in [7, 11) is 0. The topological polar surface area (TPSA) is 45.2 Å². The summed E-state index contributed by atoms with van der Waals surface area (Å²) in [5.41, 5.74) is 5.59. The van der Waals surface area contributed by atoms with Crippen molar-refractivity contribution in [3.05, 3.63) is 47.2 Å². The molecule has 2 saturated carbocycles. The third kappa shape index (κ3) is 2.29. The fraction of sp³-hybridized carbons (Fsp3) is 0.630. The summed E-state index contributed by atoms with van der Waals surface area (Å²) in [5, 5.41) is 11.9. The van der Waals surface area contributed by atoms with Crippen LogP contribution in [0.15, 0.2) is 35.9 Å². The second-order valence-corrected chi connectivity index (χ2v) is 11.4. The van der Waals surface area contributed by atoms with Crippen LogP contribution in [0.25, 0.3) is 10.9 Å². The highest BCUT2D eigenvalue weighted by Gasteiger charge is 2.63. The lowest BCUT2D eigenvalue weighted by atomic mass is 9.44. The maximum Gasteiger partial charge on any atom is 0.0899 e. The van der Waals surface area contributed by atoms with Gasteiger partial charge in [-0.2, -0.15) is 0 Å². The Hall–Kier alpha value is -1.58. The van der Waals surface area contributed by atoms with Gasteiger partial charge in [-0.1, -0.05) is 38.1 Å². The van der Waals surface area contributed by atoms with Gasteiger partial charge in [0.05, 0.1) is 17.8 Å². The van der Waals surface area contributed by atoms with Crippen molar-refractivity contribution in [3.63, 3.8) is 0 Å². The number of hydrogen-bond donors (Lipinski definition) is 2. The maximum atomic E-state index is 10.5. The zero-order chi connectivity index (χ0) is 20.9. The van der Waals surface area contributed by atoms with Crippen molar-refractivity contribution in [2.75, 3.05) is 0 Å². The maximum absolute atomic E-state index is 10.5. The predicted octanol–water partition coefficient (Wildman–Crippen LogP) is 5.66. The zero-order valence-electron chi connectivity index (χ0n) is 18.8. The first kappa shape index (κ1) is 19.1. The Bertz CT molecular complexity index is 1040. The molecule has 6 rings (SSSR count). The third-order valence-electron chi connectivity index (χ3n) is 9.74. The molecule has 1 aliphatic heterocycles. The van der Waals surface area contributed by atoms with Crippen LogP contribution in [0, 0.1) is 17.3 Å². The van der Waals surface area contributed by atoms with Gasteiger partial charge in [-0.3, -0.25) is 0 Å². The summed E-state index contributed by atoms with van der Waals surface area (Å²) >= 11 is 0. The van der Waals surface area contributed by atoms with E-state index in [1.165, 1.54) is 47.9 Å². The van der Waals surface area contributed by atoms with Crippen LogP contribution in [0.4, 0.5) is 0 Å². The molecular formula is C27H35NO2. The monoisotopic (exact) mass is 405 g/mol. The van der Waals surface area contributed by atoms with Crippen LogP contribution in [0.3, 0.4) is 0 Å². The fourth-order valence-corrected chi connectivity index (χ4v) is 7.86. The van der Waals surface area contributed by atoms with Gasteiger partial charge >= 0.3 is 0 Å². The van der Waals surface area contributed by atoms with E-state index in [2.05, 4.69) is 49.2 Å². The summed E-state index contributed by atoms with van der Waals surface area (Å²) in [4.78, 5) is 3.89. The lowest BCUT2D eigenvalue weighted by Gasteiger charge is -2.61. The van der Waals surface area contributed by atoms with E-state index in [-0.39, 0.29) is 23.0 Å². The number of hydrogen-bond acceptors (Lipinski definition) is 2. The van der Waals surface area contributed by atoms with E-state index in [9.17, 15) is 5.11 Å². The highest BCUT2D eigenvalue weighted by atomic mass is 16.5. The number of ether oxygens (including phenoxy) is 1. The van der Waals surface area contributed by atoms with Gasteiger partial charge < -0.3 is 14.8 Å². The molecule has 0 saturated heterocycles. The second kappa shape index (κ2) is 6.01. The first-order chi connectivity index (χ1) is 14.2. The summed E-state index contributed by atoms with van der Waals surface area (Å²) in [6, 6.07) is 8.86. The molecule has 3 aliphatic carbocycles. The highest BCUT2D eigenvalue weighted by Crippen LogP contribution is 2.67. The van der Waals surface area contributed by atoms with Gasteiger partial charge in [-0.05, 0) is 86.8 Å². The van der Waals surface area contributed by atoms with Crippen molar-refractivity contribution in [1.82, 2.24) is 4.98 Å². The van der Waals surface area contributed by atoms with E-state index in [0.29, 0.717) is 5.92 Å². The average molecular weight is 406 g/mol. The molecular weight excluding hydrogens is 370 g/mol. The van der Waals surface area contributed by atoms with Gasteiger partial charge in [0.15, 0.2) is 0 Å². The number of benzene rings is 1. The molecule has 4 aliphatic rings. The van der Waals surface area contributed by atoms with Crippen LogP contribution in [0.1, 0.15) is 71.1 Å². The zero-order valence-corrected chi connectivity index (χ0v) is 18.8. The number of aliphatic hydroxyl groups is 1. The molecule has 6 atom stereocenters. The van der Waals surface area contributed by atoms with Gasteiger partial charge in [0.25, 0.3) is 0 Å². The van der Waals surface area contributed by atoms with E-state index in [1.807, 2.05) is 13.8 Å². The van der Waals surface area contributed by atoms with Crippen molar-refractivity contribution in [2.24, 2.45) is 17.3 Å². The number of rotatable bonds is 1. The largest absolute Gasteiger partial charge is 0.388 e. The molecule has 1 aromatic carbocycles. The molecule has 2 aromatic rings. The first-order valence-electron chi connectivity index (χ1n) is 11.9. The Kier molecular flexibility index (Phi) is 3.83. The smallest absolute Gasteiger partial charge is 0.0899 e. The number of H-pyrrole nitrogens is 1. The van der Waals surface area contributed by atoms with Crippen LogP contribution in [0.5, 0.6) is 0 Å². The number of fused-ring (bicyclic) bond motifs is 9. The minimum atomic E-state index is -0.781. The molecule has 0 radical (unpaired) electrons. The predicted molar refractivity (Wildman–Crippen MR) is 121 cm³/mol. The van der Waals surface area contributed by atoms with Gasteiger partial charge in [0.2, 0.25) is 0 Å². The van der Waals surface area contributed by atoms with Gasteiger partial charge in [0.1, 0.15) is 0 Å². The fourth-order valence-electron chi connectivity index (χ4n) is 7.86. The standard InChI is InChI=1S/C27H35NO2/c1-25(2,29)23-12-10-18-20-11-9-16-15-19-17-7-5-6-8-21(17)28-24(19)27(16,4)26(20,3)14-13-22(18)30-23/h5-8,10,16,20,22-23,28-29H,9,11-15H2,1-4H3/t16-,20-,22-,23-,26-,27+/m0/s1. The minimum absolute atomic E-state index is 0.0886. The van der Waals surface area contributed by atoms with Crippen LogP contribution in [-0.4, -0.2) is 27.9 Å². The molecule has 3 nitrogen and oxygen atoms in total. The minimum Gasteiger partial charge on any atom is -0.388 e. The molecule has 2 heterocycles. The van der Waals surface area contributed by atoms with Crippen molar-refractivity contribution < 1.29 is 9.84 Å². The van der Waals surface area contributed by atoms with E-state index < -0.39 is 5.60 Å². The molecule has 0 unspecified atom stereocenters. The molecule has 0 amide bonds. The normalized spacial score (nSPS) is 40.4. The lowest BCUT2D eigenvalue weighted by molar-refractivity contribution is -0.139. The average Bonchev–Trinajstić information content (AvgIpc) is 3.22. The Balaban J connectivity index is 1.43. The van der Waals surface area contributed by atoms with E-state index in [0.717, 1.165) is 18.8 Å². The van der Waals surface area contributed by atoms with Crippen LogP contribution in [0.2, 0.25) is 0 Å². The highest BCUT2D eigenvalue weighted by molar-refractivity contribution is 5.86. The van der Waals surface area contributed by atoms with Gasteiger partial charge in [0, 0.05) is 22.0 Å². The van der Waals surface area contributed by atoms with Gasteiger partial charge in [-0.25, -0.2) is 0 Å². The Morgan fingerprint density at radius 2 is 1.93 bits per heavy atom. The van der Waals surface area contributed by atoms with Crippen molar-refractivity contribution in [1.29, 1.82) is 0 Å². The Morgan fingerprint density at radius 1 is 1.13 bits per heavy atom. The second-order valence-electron chi connectivity index (χ2n) is 11.4. The van der Waals surface area contributed by atoms with Crippen LogP contribution >= 0.6 is 0 Å². The van der Waals surface area contributed by atoms with Gasteiger partial charge in [-0.15, -0.1) is 0 Å². The molecule has 2 N–H and O–H groups in total. The molecule has 3 heteroatoms. The SMILES string of the molecule is CC(C)(O)[C@@H]1CC=C2[C@H](CC[C@@]3(C)[C@H]2CC[C@H]2Cc4c([nH]c5ccccc45)[C@@]23C)O1. The first-order valence-corrected chi connectivity index (χ1v) is 11.9. The number of para-hydroxylation sites is 1. The third-order valence-corrected chi connectivity index (χ3v) is 9.74. The van der Waals surface area contributed by atoms with E-state index in [4.69, 9.17) is 4.74 Å². The van der Waals surface area contributed by atoms with Crippen molar-refractivity contribution in [3.8, 4) is 0 Å². The Labute approximate surface area is 179 Å². The molecule has 2 fully saturated rings. The summed E-state index contributed by atoms with van der Waals surface area (Å²) in [6.07, 6.45) is 9.45. The number of aromatic amines is 1. The van der Waals surface area contributed by atoms with E-state index >= 15 is 0 Å².